The zero-order chi connectivity index (χ0) is 23.3. The van der Waals surface area contributed by atoms with E-state index in [9.17, 15) is 13.2 Å². The molecule has 0 aliphatic heterocycles. The first-order chi connectivity index (χ1) is 15.3. The molecule has 0 atom stereocenters. The fraction of sp³-hybridized carbons (Fsp3) is 0.273. The van der Waals surface area contributed by atoms with Gasteiger partial charge in [0.2, 0.25) is 10.0 Å². The summed E-state index contributed by atoms with van der Waals surface area (Å²) in [7, 11) is -3.69. The van der Waals surface area contributed by atoms with Gasteiger partial charge in [0.1, 0.15) is 5.75 Å². The predicted molar refractivity (Wildman–Crippen MR) is 124 cm³/mol. The molecule has 170 valence electrons. The Hall–Kier alpha value is -2.88. The quantitative estimate of drug-likeness (QED) is 0.499. The summed E-state index contributed by atoms with van der Waals surface area (Å²) >= 11 is 6.03. The van der Waals surface area contributed by atoms with Crippen molar-refractivity contribution < 1.29 is 17.9 Å². The number of carbonyl (C=O) groups excluding carboxylic acids is 1. The summed E-state index contributed by atoms with van der Waals surface area (Å²) in [6, 6.07) is 11.5. The minimum absolute atomic E-state index is 0.0783. The lowest BCUT2D eigenvalue weighted by atomic mass is 10.2. The van der Waals surface area contributed by atoms with Crippen LogP contribution < -0.4 is 10.1 Å². The maximum atomic E-state index is 12.9. The number of halogens is 1. The Morgan fingerprint density at radius 2 is 1.91 bits per heavy atom. The van der Waals surface area contributed by atoms with E-state index in [0.29, 0.717) is 41.7 Å². The van der Waals surface area contributed by atoms with Gasteiger partial charge in [-0.05, 0) is 43.3 Å². The molecule has 32 heavy (non-hydrogen) atoms. The van der Waals surface area contributed by atoms with E-state index in [4.69, 9.17) is 16.3 Å². The third kappa shape index (κ3) is 5.12. The van der Waals surface area contributed by atoms with Gasteiger partial charge in [0, 0.05) is 24.3 Å². The Labute approximate surface area is 192 Å². The standard InChI is InChI=1S/C22H25ClN4O4S/c1-4-26(5-2)32(29,30)19-10-11-21(31-6-3)20(13-19)25-22(28)16-14-24-27(15-16)18-9-7-8-17(23)12-18/h7-15H,4-6H2,1-3H3,(H,25,28). The number of sulfonamides is 1. The Morgan fingerprint density at radius 3 is 2.56 bits per heavy atom. The lowest BCUT2D eigenvalue weighted by Crippen LogP contribution is -2.30. The number of rotatable bonds is 9. The van der Waals surface area contributed by atoms with Crippen LogP contribution in [0.1, 0.15) is 31.1 Å². The van der Waals surface area contributed by atoms with Gasteiger partial charge in [-0.15, -0.1) is 0 Å². The minimum Gasteiger partial charge on any atom is -0.492 e. The van der Waals surface area contributed by atoms with Crippen molar-refractivity contribution in [3.8, 4) is 11.4 Å². The fourth-order valence-electron chi connectivity index (χ4n) is 3.16. The van der Waals surface area contributed by atoms with Gasteiger partial charge < -0.3 is 10.1 Å². The van der Waals surface area contributed by atoms with Crippen molar-refractivity contribution in [1.29, 1.82) is 0 Å². The highest BCUT2D eigenvalue weighted by molar-refractivity contribution is 7.89. The number of hydrogen-bond donors (Lipinski definition) is 1. The number of aromatic nitrogens is 2. The van der Waals surface area contributed by atoms with Gasteiger partial charge in [0.05, 0.1) is 34.6 Å². The van der Waals surface area contributed by atoms with E-state index in [1.165, 1.54) is 27.3 Å². The Bertz CT molecular complexity index is 1210. The first-order valence-electron chi connectivity index (χ1n) is 10.2. The molecule has 1 amide bonds. The van der Waals surface area contributed by atoms with E-state index < -0.39 is 15.9 Å². The molecule has 3 rings (SSSR count). The number of benzene rings is 2. The normalized spacial score (nSPS) is 11.5. The number of ether oxygens (including phenoxy) is 1. The van der Waals surface area contributed by atoms with Gasteiger partial charge in [0.25, 0.3) is 5.91 Å². The Kier molecular flexibility index (Phi) is 7.55. The van der Waals surface area contributed by atoms with Crippen molar-refractivity contribution in [3.05, 3.63) is 65.4 Å². The monoisotopic (exact) mass is 476 g/mol. The van der Waals surface area contributed by atoms with Crippen molar-refractivity contribution >= 4 is 33.2 Å². The maximum absolute atomic E-state index is 12.9. The van der Waals surface area contributed by atoms with Crippen LogP contribution in [0.4, 0.5) is 5.69 Å². The van der Waals surface area contributed by atoms with E-state index in [2.05, 4.69) is 10.4 Å². The smallest absolute Gasteiger partial charge is 0.258 e. The third-order valence-corrected chi connectivity index (χ3v) is 7.04. The van der Waals surface area contributed by atoms with Crippen LogP contribution in [-0.2, 0) is 10.0 Å². The number of hydrogen-bond acceptors (Lipinski definition) is 5. The first-order valence-corrected chi connectivity index (χ1v) is 12.0. The molecule has 0 radical (unpaired) electrons. The SMILES string of the molecule is CCOc1ccc(S(=O)(=O)N(CC)CC)cc1NC(=O)c1cnn(-c2cccc(Cl)c2)c1. The molecular formula is C22H25ClN4O4S. The summed E-state index contributed by atoms with van der Waals surface area (Å²) in [4.78, 5) is 13.0. The van der Waals surface area contributed by atoms with Crippen LogP contribution in [0.5, 0.6) is 5.75 Å². The van der Waals surface area contributed by atoms with Crippen LogP contribution in [0.15, 0.2) is 59.8 Å². The second-order valence-corrected chi connectivity index (χ2v) is 9.16. The molecule has 0 spiro atoms. The lowest BCUT2D eigenvalue weighted by Gasteiger charge is -2.20. The van der Waals surface area contributed by atoms with E-state index >= 15 is 0 Å². The molecule has 0 aliphatic carbocycles. The Balaban J connectivity index is 1.91. The van der Waals surface area contributed by atoms with Crippen molar-refractivity contribution in [1.82, 2.24) is 14.1 Å². The third-order valence-electron chi connectivity index (χ3n) is 4.76. The number of nitrogens with one attached hydrogen (secondary N) is 1. The molecule has 1 heterocycles. The van der Waals surface area contributed by atoms with Crippen molar-refractivity contribution in [2.24, 2.45) is 0 Å². The first kappa shape index (κ1) is 23.8. The molecule has 0 fully saturated rings. The largest absolute Gasteiger partial charge is 0.492 e. The van der Waals surface area contributed by atoms with E-state index in [1.54, 1.807) is 51.2 Å². The Morgan fingerprint density at radius 1 is 1.16 bits per heavy atom. The van der Waals surface area contributed by atoms with Crippen LogP contribution in [-0.4, -0.2) is 48.1 Å². The van der Waals surface area contributed by atoms with Crippen LogP contribution in [0, 0.1) is 0 Å². The summed E-state index contributed by atoms with van der Waals surface area (Å²) in [6.07, 6.45) is 2.99. The zero-order valence-corrected chi connectivity index (χ0v) is 19.7. The molecule has 1 N–H and O–H groups in total. The van der Waals surface area contributed by atoms with Crippen molar-refractivity contribution in [3.63, 3.8) is 0 Å². The molecule has 0 bridgehead atoms. The number of carbonyl (C=O) groups is 1. The van der Waals surface area contributed by atoms with Crippen LogP contribution >= 0.6 is 11.6 Å². The molecule has 8 nitrogen and oxygen atoms in total. The molecule has 0 aliphatic rings. The fourth-order valence-corrected chi connectivity index (χ4v) is 4.82. The van der Waals surface area contributed by atoms with Crippen molar-refractivity contribution in [2.75, 3.05) is 25.0 Å². The molecule has 0 unspecified atom stereocenters. The molecule has 10 heteroatoms. The second-order valence-electron chi connectivity index (χ2n) is 6.79. The number of nitrogens with zero attached hydrogens (tertiary/aromatic N) is 3. The lowest BCUT2D eigenvalue weighted by molar-refractivity contribution is 0.102. The summed E-state index contributed by atoms with van der Waals surface area (Å²) in [5.74, 6) is -0.0711. The second kappa shape index (κ2) is 10.2. The van der Waals surface area contributed by atoms with E-state index in [-0.39, 0.29) is 10.6 Å². The number of amides is 1. The van der Waals surface area contributed by atoms with Gasteiger partial charge in [-0.1, -0.05) is 31.5 Å². The zero-order valence-electron chi connectivity index (χ0n) is 18.1. The minimum atomic E-state index is -3.69. The van der Waals surface area contributed by atoms with Gasteiger partial charge in [-0.3, -0.25) is 4.79 Å². The topological polar surface area (TPSA) is 93.5 Å². The van der Waals surface area contributed by atoms with Gasteiger partial charge in [-0.25, -0.2) is 13.1 Å². The molecule has 2 aromatic carbocycles. The van der Waals surface area contributed by atoms with Gasteiger partial charge in [-0.2, -0.15) is 9.40 Å². The highest BCUT2D eigenvalue weighted by Crippen LogP contribution is 2.30. The highest BCUT2D eigenvalue weighted by atomic mass is 35.5. The summed E-state index contributed by atoms with van der Waals surface area (Å²) in [5, 5.41) is 7.52. The molecule has 1 aromatic heterocycles. The molecule has 3 aromatic rings. The molecule has 0 saturated heterocycles. The predicted octanol–water partition coefficient (Wildman–Crippen LogP) is 4.21. The summed E-state index contributed by atoms with van der Waals surface area (Å²) < 4.78 is 34.3. The molecular weight excluding hydrogens is 452 g/mol. The van der Waals surface area contributed by atoms with Crippen LogP contribution in [0.2, 0.25) is 5.02 Å². The average Bonchev–Trinajstić information content (AvgIpc) is 3.26. The van der Waals surface area contributed by atoms with Gasteiger partial charge in [0.15, 0.2) is 0 Å². The average molecular weight is 477 g/mol. The number of anilines is 1. The van der Waals surface area contributed by atoms with Crippen LogP contribution in [0.25, 0.3) is 5.69 Å². The van der Waals surface area contributed by atoms with E-state index in [0.717, 1.165) is 0 Å². The summed E-state index contributed by atoms with van der Waals surface area (Å²) in [5.41, 5.74) is 1.27. The van der Waals surface area contributed by atoms with Crippen molar-refractivity contribution in [2.45, 2.75) is 25.7 Å². The highest BCUT2D eigenvalue weighted by Gasteiger charge is 2.23. The van der Waals surface area contributed by atoms with Crippen LogP contribution in [0.3, 0.4) is 0 Å². The van der Waals surface area contributed by atoms with Gasteiger partial charge >= 0.3 is 0 Å². The van der Waals surface area contributed by atoms with E-state index in [1.807, 2.05) is 6.07 Å². The summed E-state index contributed by atoms with van der Waals surface area (Å²) in [6.45, 7) is 6.40. The maximum Gasteiger partial charge on any atom is 0.258 e. The molecule has 0 saturated carbocycles.